The summed E-state index contributed by atoms with van der Waals surface area (Å²) in [6.45, 7) is 3.95. The van der Waals surface area contributed by atoms with Gasteiger partial charge in [0, 0.05) is 33.8 Å². The molecule has 0 aliphatic rings. The van der Waals surface area contributed by atoms with Gasteiger partial charge in [0.1, 0.15) is 5.65 Å². The zero-order valence-electron chi connectivity index (χ0n) is 23.6. The van der Waals surface area contributed by atoms with E-state index in [0.29, 0.717) is 11.4 Å². The van der Waals surface area contributed by atoms with Crippen molar-refractivity contribution < 1.29 is 9.90 Å². The SMILES string of the molecule is Cc1cc(C)n2c(n1)c(Cc1ccc([C@@H](C(=O)N[C@@H](CO)c3ccccc3)c3ccc(Cl)cc3)cc1)c1ccccc12. The van der Waals surface area contributed by atoms with Gasteiger partial charge in [-0.15, -0.1) is 0 Å². The Bertz CT molecular complexity index is 1860. The minimum absolute atomic E-state index is 0.187. The van der Waals surface area contributed by atoms with Crippen LogP contribution in [-0.2, 0) is 11.2 Å². The number of aliphatic hydroxyl groups is 1. The van der Waals surface area contributed by atoms with Crippen LogP contribution < -0.4 is 5.32 Å². The number of nitrogens with one attached hydrogen (secondary N) is 1. The number of amides is 1. The van der Waals surface area contributed by atoms with E-state index in [4.69, 9.17) is 16.6 Å². The number of rotatable bonds is 8. The van der Waals surface area contributed by atoms with Crippen molar-refractivity contribution in [2.45, 2.75) is 32.2 Å². The number of hydrogen-bond acceptors (Lipinski definition) is 3. The minimum atomic E-state index is -0.572. The summed E-state index contributed by atoms with van der Waals surface area (Å²) < 4.78 is 2.23. The molecule has 5 nitrogen and oxygen atoms in total. The Balaban J connectivity index is 1.34. The Morgan fingerprint density at radius 3 is 2.19 bits per heavy atom. The molecule has 2 heterocycles. The summed E-state index contributed by atoms with van der Waals surface area (Å²) >= 11 is 6.18. The lowest BCUT2D eigenvalue weighted by Crippen LogP contribution is -2.35. The predicted molar refractivity (Wildman–Crippen MR) is 169 cm³/mol. The maximum Gasteiger partial charge on any atom is 0.232 e. The van der Waals surface area contributed by atoms with Crippen molar-refractivity contribution in [2.75, 3.05) is 6.61 Å². The molecule has 210 valence electrons. The summed E-state index contributed by atoms with van der Waals surface area (Å²) in [5.74, 6) is -0.760. The van der Waals surface area contributed by atoms with Crippen LogP contribution in [-0.4, -0.2) is 27.0 Å². The Morgan fingerprint density at radius 2 is 1.50 bits per heavy atom. The average molecular weight is 574 g/mol. The molecule has 0 spiro atoms. The number of carbonyl (C=O) groups excluding carboxylic acids is 1. The fourth-order valence-corrected chi connectivity index (χ4v) is 5.99. The van der Waals surface area contributed by atoms with E-state index < -0.39 is 12.0 Å². The quantitative estimate of drug-likeness (QED) is 0.200. The molecule has 0 radical (unpaired) electrons. The van der Waals surface area contributed by atoms with Gasteiger partial charge in [-0.05, 0) is 60.4 Å². The molecule has 0 fully saturated rings. The summed E-state index contributed by atoms with van der Waals surface area (Å²) in [5, 5.41) is 15.0. The highest BCUT2D eigenvalue weighted by atomic mass is 35.5. The van der Waals surface area contributed by atoms with Crippen molar-refractivity contribution in [1.82, 2.24) is 14.7 Å². The summed E-state index contributed by atoms with van der Waals surface area (Å²) in [6, 6.07) is 35.1. The first-order valence-electron chi connectivity index (χ1n) is 14.1. The predicted octanol–water partition coefficient (Wildman–Crippen LogP) is 7.33. The van der Waals surface area contributed by atoms with Crippen LogP contribution in [0.5, 0.6) is 0 Å². The van der Waals surface area contributed by atoms with Gasteiger partial charge in [0.15, 0.2) is 0 Å². The fraction of sp³-hybridized carbons (Fsp3) is 0.167. The van der Waals surface area contributed by atoms with Gasteiger partial charge in [-0.25, -0.2) is 4.98 Å². The number of halogens is 1. The van der Waals surface area contributed by atoms with E-state index in [1.54, 1.807) is 12.1 Å². The summed E-state index contributed by atoms with van der Waals surface area (Å²) in [4.78, 5) is 18.7. The second kappa shape index (κ2) is 11.8. The van der Waals surface area contributed by atoms with E-state index >= 15 is 0 Å². The fourth-order valence-electron chi connectivity index (χ4n) is 5.87. The van der Waals surface area contributed by atoms with Crippen LogP contribution in [0.4, 0.5) is 0 Å². The second-order valence-electron chi connectivity index (χ2n) is 10.8. The van der Waals surface area contributed by atoms with E-state index in [9.17, 15) is 9.90 Å². The molecule has 2 atom stereocenters. The smallest absolute Gasteiger partial charge is 0.232 e. The zero-order valence-corrected chi connectivity index (χ0v) is 24.3. The molecule has 0 bridgehead atoms. The van der Waals surface area contributed by atoms with Gasteiger partial charge < -0.3 is 10.4 Å². The van der Waals surface area contributed by atoms with E-state index in [2.05, 4.69) is 59.1 Å². The summed E-state index contributed by atoms with van der Waals surface area (Å²) in [7, 11) is 0. The molecule has 6 heteroatoms. The third-order valence-electron chi connectivity index (χ3n) is 7.87. The van der Waals surface area contributed by atoms with Gasteiger partial charge in [0.2, 0.25) is 5.91 Å². The molecule has 6 aromatic rings. The number of aliphatic hydroxyl groups excluding tert-OH is 1. The average Bonchev–Trinajstić information content (AvgIpc) is 3.31. The lowest BCUT2D eigenvalue weighted by Gasteiger charge is -2.23. The van der Waals surface area contributed by atoms with Gasteiger partial charge in [-0.2, -0.15) is 0 Å². The molecule has 0 saturated carbocycles. The van der Waals surface area contributed by atoms with Gasteiger partial charge in [-0.1, -0.05) is 96.5 Å². The normalized spacial score (nSPS) is 12.9. The number of para-hydroxylation sites is 1. The summed E-state index contributed by atoms with van der Waals surface area (Å²) in [6.07, 6.45) is 0.714. The van der Waals surface area contributed by atoms with E-state index in [1.807, 2.05) is 61.5 Å². The third kappa shape index (κ3) is 5.41. The molecule has 0 saturated heterocycles. The molecule has 0 aliphatic carbocycles. The van der Waals surface area contributed by atoms with Crippen molar-refractivity contribution >= 4 is 34.1 Å². The molecule has 2 N–H and O–H groups in total. The van der Waals surface area contributed by atoms with Crippen molar-refractivity contribution in [3.8, 4) is 0 Å². The standard InChI is InChI=1S/C36H32ClN3O2/c1-23-20-24(2)40-33-11-7-6-10-30(33)31(35(40)38-23)21-25-12-14-27(15-13-25)34(28-16-18-29(37)19-17-28)36(42)39-32(22-41)26-8-4-3-5-9-26/h3-20,32,34,41H,21-22H2,1-2H3,(H,39,42)/t32-,34+/m0/s1. The van der Waals surface area contributed by atoms with E-state index in [-0.39, 0.29) is 12.5 Å². The van der Waals surface area contributed by atoms with Gasteiger partial charge in [0.25, 0.3) is 0 Å². The maximum atomic E-state index is 13.8. The number of aryl methyl sites for hydroxylation is 2. The number of aromatic nitrogens is 2. The highest BCUT2D eigenvalue weighted by Crippen LogP contribution is 2.31. The van der Waals surface area contributed by atoms with Crippen molar-refractivity contribution in [3.63, 3.8) is 0 Å². The van der Waals surface area contributed by atoms with E-state index in [1.165, 1.54) is 10.9 Å². The van der Waals surface area contributed by atoms with Crippen LogP contribution in [0.15, 0.2) is 109 Å². The number of benzene rings is 4. The van der Waals surface area contributed by atoms with Crippen LogP contribution in [0.3, 0.4) is 0 Å². The number of carbonyl (C=O) groups is 1. The van der Waals surface area contributed by atoms with Crippen LogP contribution in [0.2, 0.25) is 5.02 Å². The lowest BCUT2D eigenvalue weighted by molar-refractivity contribution is -0.122. The van der Waals surface area contributed by atoms with Gasteiger partial charge >= 0.3 is 0 Å². The molecule has 2 aromatic heterocycles. The minimum Gasteiger partial charge on any atom is -0.394 e. The Morgan fingerprint density at radius 1 is 0.857 bits per heavy atom. The molecular weight excluding hydrogens is 542 g/mol. The number of fused-ring (bicyclic) bond motifs is 3. The Labute approximate surface area is 250 Å². The van der Waals surface area contributed by atoms with Crippen molar-refractivity contribution in [1.29, 1.82) is 0 Å². The first kappa shape index (κ1) is 27.7. The van der Waals surface area contributed by atoms with Crippen LogP contribution in [0, 0.1) is 13.8 Å². The molecule has 6 rings (SSSR count). The Hall–Kier alpha value is -4.45. The van der Waals surface area contributed by atoms with E-state index in [0.717, 1.165) is 44.8 Å². The molecular formula is C36H32ClN3O2. The molecule has 4 aromatic carbocycles. The highest BCUT2D eigenvalue weighted by Gasteiger charge is 2.26. The maximum absolute atomic E-state index is 13.8. The monoisotopic (exact) mass is 573 g/mol. The number of nitrogens with zero attached hydrogens (tertiary/aromatic N) is 2. The van der Waals surface area contributed by atoms with Gasteiger partial charge in [0.05, 0.1) is 24.1 Å². The van der Waals surface area contributed by atoms with Crippen molar-refractivity contribution in [3.05, 3.63) is 153 Å². The van der Waals surface area contributed by atoms with Crippen molar-refractivity contribution in [2.24, 2.45) is 0 Å². The topological polar surface area (TPSA) is 66.6 Å². The number of hydrogen-bond donors (Lipinski definition) is 2. The zero-order chi connectivity index (χ0) is 29.2. The third-order valence-corrected chi connectivity index (χ3v) is 8.12. The molecule has 0 unspecified atom stereocenters. The van der Waals surface area contributed by atoms with Crippen LogP contribution in [0.25, 0.3) is 16.6 Å². The molecule has 42 heavy (non-hydrogen) atoms. The summed E-state index contributed by atoms with van der Waals surface area (Å²) in [5.41, 5.74) is 9.14. The highest BCUT2D eigenvalue weighted by molar-refractivity contribution is 6.30. The Kier molecular flexibility index (Phi) is 7.79. The first-order chi connectivity index (χ1) is 20.4. The lowest BCUT2D eigenvalue weighted by atomic mass is 9.89. The first-order valence-corrected chi connectivity index (χ1v) is 14.5. The van der Waals surface area contributed by atoms with Gasteiger partial charge in [-0.3, -0.25) is 9.20 Å². The van der Waals surface area contributed by atoms with Crippen LogP contribution >= 0.6 is 11.6 Å². The molecule has 1 amide bonds. The second-order valence-corrected chi connectivity index (χ2v) is 11.2. The van der Waals surface area contributed by atoms with Crippen LogP contribution in [0.1, 0.15) is 51.2 Å². The largest absolute Gasteiger partial charge is 0.394 e. The molecule has 0 aliphatic heterocycles.